The van der Waals surface area contributed by atoms with Crippen LogP contribution in [0.5, 0.6) is 0 Å². The van der Waals surface area contributed by atoms with E-state index in [9.17, 15) is 27.9 Å². The lowest BCUT2D eigenvalue weighted by Gasteiger charge is -2.24. The Morgan fingerprint density at radius 2 is 1.78 bits per heavy atom. The van der Waals surface area contributed by atoms with E-state index in [1.165, 1.54) is 12.1 Å². The van der Waals surface area contributed by atoms with Crippen LogP contribution >= 0.6 is 0 Å². The first-order valence-electron chi connectivity index (χ1n) is 7.16. The minimum atomic E-state index is -4.50. The number of benzene rings is 1. The Balaban J connectivity index is 1.80. The van der Waals surface area contributed by atoms with Crippen LogP contribution in [0.15, 0.2) is 36.4 Å². The fraction of sp³-hybridized carbons (Fsp3) is 0.375. The van der Waals surface area contributed by atoms with Gasteiger partial charge in [-0.2, -0.15) is 13.2 Å². The van der Waals surface area contributed by atoms with Crippen LogP contribution in [0.4, 0.5) is 18.9 Å². The van der Waals surface area contributed by atoms with Crippen LogP contribution < -0.4 is 5.32 Å². The van der Waals surface area contributed by atoms with Crippen molar-refractivity contribution in [3.8, 4) is 0 Å². The molecule has 0 heterocycles. The van der Waals surface area contributed by atoms with E-state index in [1.807, 2.05) is 6.08 Å². The Bertz CT molecular complexity index is 683. The Morgan fingerprint density at radius 1 is 1.13 bits per heavy atom. The van der Waals surface area contributed by atoms with Gasteiger partial charge in [-0.1, -0.05) is 18.2 Å². The van der Waals surface area contributed by atoms with Crippen molar-refractivity contribution in [2.24, 2.45) is 23.7 Å². The molecule has 1 amide bonds. The summed E-state index contributed by atoms with van der Waals surface area (Å²) in [5.41, 5.74) is -0.848. The second-order valence-electron chi connectivity index (χ2n) is 5.91. The van der Waals surface area contributed by atoms with Crippen LogP contribution in [0.25, 0.3) is 0 Å². The van der Waals surface area contributed by atoms with E-state index in [2.05, 4.69) is 5.32 Å². The molecule has 0 aliphatic heterocycles. The number of anilines is 1. The molecule has 23 heavy (non-hydrogen) atoms. The quantitative estimate of drug-likeness (QED) is 0.839. The van der Waals surface area contributed by atoms with Crippen molar-refractivity contribution in [2.75, 3.05) is 5.32 Å². The fourth-order valence-electron chi connectivity index (χ4n) is 3.52. The van der Waals surface area contributed by atoms with E-state index < -0.39 is 35.5 Å². The van der Waals surface area contributed by atoms with Crippen LogP contribution in [0.2, 0.25) is 0 Å². The van der Waals surface area contributed by atoms with Gasteiger partial charge in [-0.15, -0.1) is 0 Å². The summed E-state index contributed by atoms with van der Waals surface area (Å²) in [5.74, 6) is -3.53. The molecule has 4 nitrogen and oxygen atoms in total. The summed E-state index contributed by atoms with van der Waals surface area (Å²) in [5, 5.41) is 11.7. The Hall–Kier alpha value is -2.31. The predicted octanol–water partition coefficient (Wildman–Crippen LogP) is 3.17. The Labute approximate surface area is 130 Å². The summed E-state index contributed by atoms with van der Waals surface area (Å²) in [6.45, 7) is 0. The van der Waals surface area contributed by atoms with Crippen molar-refractivity contribution in [1.82, 2.24) is 0 Å². The average Bonchev–Trinajstić information content (AvgIpc) is 3.07. The summed E-state index contributed by atoms with van der Waals surface area (Å²) >= 11 is 0. The summed E-state index contributed by atoms with van der Waals surface area (Å²) in [7, 11) is 0. The van der Waals surface area contributed by atoms with Crippen LogP contribution in [0, 0.1) is 23.7 Å². The number of fused-ring (bicyclic) bond motifs is 2. The molecule has 0 radical (unpaired) electrons. The van der Waals surface area contributed by atoms with Gasteiger partial charge in [0.15, 0.2) is 0 Å². The normalized spacial score (nSPS) is 28.8. The molecule has 0 spiro atoms. The number of carboxylic acid groups (broad SMARTS) is 1. The van der Waals surface area contributed by atoms with Gasteiger partial charge in [-0.3, -0.25) is 9.59 Å². The number of rotatable bonds is 3. The molecule has 2 aliphatic carbocycles. The zero-order chi connectivity index (χ0) is 16.8. The maximum Gasteiger partial charge on any atom is 0.416 e. The molecule has 0 aromatic heterocycles. The molecule has 1 fully saturated rings. The summed E-state index contributed by atoms with van der Waals surface area (Å²) in [4.78, 5) is 23.8. The number of hydrogen-bond donors (Lipinski definition) is 2. The van der Waals surface area contributed by atoms with E-state index in [4.69, 9.17) is 0 Å². The van der Waals surface area contributed by atoms with Gasteiger partial charge in [0.25, 0.3) is 0 Å². The van der Waals surface area contributed by atoms with E-state index in [0.29, 0.717) is 6.42 Å². The molecule has 1 aromatic rings. The first kappa shape index (κ1) is 15.6. The van der Waals surface area contributed by atoms with Crippen LogP contribution in [0.3, 0.4) is 0 Å². The Kier molecular flexibility index (Phi) is 3.66. The van der Waals surface area contributed by atoms with Crippen LogP contribution in [-0.4, -0.2) is 17.0 Å². The number of allylic oxidation sites excluding steroid dienone is 2. The van der Waals surface area contributed by atoms with Crippen LogP contribution in [-0.2, 0) is 15.8 Å². The maximum atomic E-state index is 12.7. The lowest BCUT2D eigenvalue weighted by molar-refractivity contribution is -0.146. The average molecular weight is 325 g/mol. The van der Waals surface area contributed by atoms with Gasteiger partial charge in [0.2, 0.25) is 5.91 Å². The molecule has 2 aliphatic rings. The largest absolute Gasteiger partial charge is 0.481 e. The van der Waals surface area contributed by atoms with Crippen molar-refractivity contribution < 1.29 is 27.9 Å². The summed E-state index contributed by atoms with van der Waals surface area (Å²) in [6, 6.07) is 4.31. The molecule has 4 atom stereocenters. The summed E-state index contributed by atoms with van der Waals surface area (Å²) in [6.07, 6.45) is -0.283. The van der Waals surface area contributed by atoms with Gasteiger partial charge in [0.1, 0.15) is 0 Å². The topological polar surface area (TPSA) is 66.4 Å². The molecule has 0 saturated heterocycles. The first-order valence-corrected chi connectivity index (χ1v) is 7.16. The van der Waals surface area contributed by atoms with Crippen LogP contribution in [0.1, 0.15) is 12.0 Å². The number of alkyl halides is 3. The zero-order valence-corrected chi connectivity index (χ0v) is 11.9. The number of hydrogen-bond acceptors (Lipinski definition) is 2. The van der Waals surface area contributed by atoms with Crippen molar-refractivity contribution in [2.45, 2.75) is 12.6 Å². The van der Waals surface area contributed by atoms with E-state index in [1.54, 1.807) is 6.08 Å². The lowest BCUT2D eigenvalue weighted by Crippen LogP contribution is -2.36. The first-order chi connectivity index (χ1) is 10.8. The van der Waals surface area contributed by atoms with E-state index in [0.717, 1.165) is 12.1 Å². The SMILES string of the molecule is O=C(Nc1cccc(C(F)(F)F)c1)[C@@H]1[C@H](C(=O)O)[C@@H]2C=C[C@H]1C2. The monoisotopic (exact) mass is 325 g/mol. The second kappa shape index (κ2) is 5.40. The lowest BCUT2D eigenvalue weighted by atomic mass is 9.82. The molecule has 0 unspecified atom stereocenters. The van der Waals surface area contributed by atoms with Gasteiger partial charge in [0, 0.05) is 5.69 Å². The number of carbonyl (C=O) groups is 2. The third kappa shape index (κ3) is 2.83. The third-order valence-corrected chi connectivity index (χ3v) is 4.50. The number of amides is 1. The van der Waals surface area contributed by atoms with Crippen molar-refractivity contribution in [1.29, 1.82) is 0 Å². The van der Waals surface area contributed by atoms with Crippen molar-refractivity contribution in [3.63, 3.8) is 0 Å². The molecular formula is C16H14F3NO3. The number of carbonyl (C=O) groups excluding carboxylic acids is 1. The highest BCUT2D eigenvalue weighted by molar-refractivity contribution is 5.96. The molecule has 2 bridgehead atoms. The third-order valence-electron chi connectivity index (χ3n) is 4.50. The maximum absolute atomic E-state index is 12.7. The highest BCUT2D eigenvalue weighted by Gasteiger charge is 2.51. The van der Waals surface area contributed by atoms with E-state index in [-0.39, 0.29) is 17.5 Å². The zero-order valence-electron chi connectivity index (χ0n) is 11.9. The second-order valence-corrected chi connectivity index (χ2v) is 5.91. The number of halogens is 3. The fourth-order valence-corrected chi connectivity index (χ4v) is 3.52. The van der Waals surface area contributed by atoms with Gasteiger partial charge in [-0.25, -0.2) is 0 Å². The number of nitrogens with one attached hydrogen (secondary N) is 1. The van der Waals surface area contributed by atoms with Crippen molar-refractivity contribution >= 4 is 17.6 Å². The molecule has 1 aromatic carbocycles. The standard InChI is InChI=1S/C16H14F3NO3/c17-16(18,19)10-2-1-3-11(7-10)20-14(21)12-8-4-5-9(6-8)13(12)15(22)23/h1-5,7-9,12-13H,6H2,(H,20,21)(H,22,23)/t8-,9+,12-,13+/m0/s1. The van der Waals surface area contributed by atoms with Gasteiger partial charge in [-0.05, 0) is 36.5 Å². The molecule has 3 rings (SSSR count). The summed E-state index contributed by atoms with van der Waals surface area (Å²) < 4.78 is 38.1. The molecular weight excluding hydrogens is 311 g/mol. The van der Waals surface area contributed by atoms with Gasteiger partial charge >= 0.3 is 12.1 Å². The smallest absolute Gasteiger partial charge is 0.416 e. The minimum Gasteiger partial charge on any atom is -0.481 e. The predicted molar refractivity (Wildman–Crippen MR) is 75.4 cm³/mol. The molecule has 1 saturated carbocycles. The highest BCUT2D eigenvalue weighted by atomic mass is 19.4. The number of carboxylic acids is 1. The number of aliphatic carboxylic acids is 1. The van der Waals surface area contributed by atoms with Gasteiger partial charge in [0.05, 0.1) is 17.4 Å². The van der Waals surface area contributed by atoms with Crippen molar-refractivity contribution in [3.05, 3.63) is 42.0 Å². The highest BCUT2D eigenvalue weighted by Crippen LogP contribution is 2.48. The minimum absolute atomic E-state index is 0.0146. The van der Waals surface area contributed by atoms with E-state index >= 15 is 0 Å². The molecule has 122 valence electrons. The molecule has 7 heteroatoms. The molecule has 2 N–H and O–H groups in total. The van der Waals surface area contributed by atoms with Gasteiger partial charge < -0.3 is 10.4 Å². The Morgan fingerprint density at radius 3 is 2.39 bits per heavy atom.